The van der Waals surface area contributed by atoms with Crippen LogP contribution in [0, 0.1) is 6.92 Å². The van der Waals surface area contributed by atoms with Gasteiger partial charge in [0.25, 0.3) is 0 Å². The Labute approximate surface area is 156 Å². The summed E-state index contributed by atoms with van der Waals surface area (Å²) in [6, 6.07) is 18.9. The van der Waals surface area contributed by atoms with Crippen LogP contribution in [-0.2, 0) is 11.2 Å². The number of likely N-dealkylation sites (tertiary alicyclic amines) is 1. The summed E-state index contributed by atoms with van der Waals surface area (Å²) >= 11 is 0. The van der Waals surface area contributed by atoms with E-state index in [9.17, 15) is 4.79 Å². The molecule has 1 unspecified atom stereocenters. The Balaban J connectivity index is 1.50. The van der Waals surface area contributed by atoms with Crippen LogP contribution in [0.4, 0.5) is 0 Å². The fourth-order valence-corrected chi connectivity index (χ4v) is 3.84. The van der Waals surface area contributed by atoms with Crippen LogP contribution < -0.4 is 11.1 Å². The van der Waals surface area contributed by atoms with Crippen LogP contribution in [0.25, 0.3) is 0 Å². The lowest BCUT2D eigenvalue weighted by Crippen LogP contribution is -2.41. The minimum atomic E-state index is 0.0759. The third-order valence-corrected chi connectivity index (χ3v) is 5.23. The molecule has 0 radical (unpaired) electrons. The highest BCUT2D eigenvalue weighted by Crippen LogP contribution is 2.25. The van der Waals surface area contributed by atoms with Crippen LogP contribution >= 0.6 is 0 Å². The zero-order valence-corrected chi connectivity index (χ0v) is 15.7. The van der Waals surface area contributed by atoms with Crippen LogP contribution in [0.3, 0.4) is 0 Å². The Kier molecular flexibility index (Phi) is 6.07. The van der Waals surface area contributed by atoms with Gasteiger partial charge >= 0.3 is 0 Å². The summed E-state index contributed by atoms with van der Waals surface area (Å²) in [7, 11) is 0. The van der Waals surface area contributed by atoms with Gasteiger partial charge in [0.05, 0.1) is 6.54 Å². The van der Waals surface area contributed by atoms with E-state index in [1.165, 1.54) is 16.7 Å². The van der Waals surface area contributed by atoms with Gasteiger partial charge in [0.2, 0.25) is 5.91 Å². The highest BCUT2D eigenvalue weighted by molar-refractivity contribution is 5.78. The predicted molar refractivity (Wildman–Crippen MR) is 106 cm³/mol. The molecule has 1 fully saturated rings. The molecule has 1 heterocycles. The molecule has 1 aliphatic rings. The summed E-state index contributed by atoms with van der Waals surface area (Å²) in [5.41, 5.74) is 10.1. The molecular formula is C22H29N3O. The van der Waals surface area contributed by atoms with Crippen LogP contribution in [-0.4, -0.2) is 42.5 Å². The van der Waals surface area contributed by atoms with Gasteiger partial charge in [-0.1, -0.05) is 54.6 Å². The van der Waals surface area contributed by atoms with Crippen molar-refractivity contribution in [3.05, 3.63) is 71.3 Å². The second-order valence-electron chi connectivity index (χ2n) is 7.47. The maximum absolute atomic E-state index is 12.4. The van der Waals surface area contributed by atoms with Crippen molar-refractivity contribution in [3.63, 3.8) is 0 Å². The van der Waals surface area contributed by atoms with Crippen molar-refractivity contribution in [1.82, 2.24) is 10.2 Å². The third-order valence-electron chi connectivity index (χ3n) is 5.23. The minimum Gasteiger partial charge on any atom is -0.352 e. The van der Waals surface area contributed by atoms with Crippen molar-refractivity contribution in [2.24, 2.45) is 5.73 Å². The molecule has 2 aromatic rings. The van der Waals surface area contributed by atoms with Crippen molar-refractivity contribution in [2.75, 3.05) is 19.6 Å². The predicted octanol–water partition coefficient (Wildman–Crippen LogP) is 2.47. The molecule has 1 amide bonds. The maximum atomic E-state index is 12.4. The molecule has 0 bridgehead atoms. The van der Waals surface area contributed by atoms with Gasteiger partial charge in [-0.3, -0.25) is 9.69 Å². The largest absolute Gasteiger partial charge is 0.352 e. The number of carbonyl (C=O) groups is 1. The summed E-state index contributed by atoms with van der Waals surface area (Å²) in [6.07, 6.45) is 0.852. The number of nitrogens with two attached hydrogens (primary N) is 1. The van der Waals surface area contributed by atoms with E-state index >= 15 is 0 Å². The van der Waals surface area contributed by atoms with E-state index in [0.29, 0.717) is 12.5 Å². The van der Waals surface area contributed by atoms with Crippen LogP contribution in [0.15, 0.2) is 54.6 Å². The first kappa shape index (κ1) is 18.6. The first-order valence-corrected chi connectivity index (χ1v) is 9.39. The zero-order chi connectivity index (χ0) is 18.5. The Morgan fingerprint density at radius 1 is 1.15 bits per heavy atom. The number of nitrogens with one attached hydrogen (secondary N) is 1. The first-order valence-electron chi connectivity index (χ1n) is 9.39. The molecule has 0 spiro atoms. The van der Waals surface area contributed by atoms with Gasteiger partial charge in [-0.2, -0.15) is 0 Å². The maximum Gasteiger partial charge on any atom is 0.234 e. The molecule has 26 heavy (non-hydrogen) atoms. The molecule has 3 N–H and O–H groups in total. The summed E-state index contributed by atoms with van der Waals surface area (Å²) < 4.78 is 0. The fraction of sp³-hybridized carbons (Fsp3) is 0.409. The molecule has 3 rings (SSSR count). The van der Waals surface area contributed by atoms with Crippen molar-refractivity contribution in [1.29, 1.82) is 0 Å². The number of hydrogen-bond acceptors (Lipinski definition) is 3. The second-order valence-corrected chi connectivity index (χ2v) is 7.47. The number of aryl methyl sites for hydroxylation is 1. The standard InChI is InChI=1S/C22H29N3O/c1-16-8-6-7-11-19(16)12-17(2)24-22(26)15-25-13-20(21(23)14-25)18-9-4-3-5-10-18/h3-11,17,20-21H,12-15,23H2,1-2H3,(H,24,26)/t17?,20-,21+/m0/s1. The van der Waals surface area contributed by atoms with E-state index in [0.717, 1.165) is 19.5 Å². The number of hydrogen-bond donors (Lipinski definition) is 2. The lowest BCUT2D eigenvalue weighted by atomic mass is 9.95. The SMILES string of the molecule is Cc1ccccc1CC(C)NC(=O)CN1C[C@@H](N)[C@H](c2ccccc2)C1. The highest BCUT2D eigenvalue weighted by atomic mass is 16.2. The molecular weight excluding hydrogens is 322 g/mol. The summed E-state index contributed by atoms with van der Waals surface area (Å²) in [4.78, 5) is 14.6. The van der Waals surface area contributed by atoms with Gasteiger partial charge < -0.3 is 11.1 Å². The van der Waals surface area contributed by atoms with Crippen molar-refractivity contribution in [3.8, 4) is 0 Å². The van der Waals surface area contributed by atoms with Gasteiger partial charge in [-0.15, -0.1) is 0 Å². The van der Waals surface area contributed by atoms with Crippen LogP contribution in [0.5, 0.6) is 0 Å². The molecule has 0 aromatic heterocycles. The van der Waals surface area contributed by atoms with E-state index in [1.54, 1.807) is 0 Å². The zero-order valence-electron chi connectivity index (χ0n) is 15.7. The molecule has 0 aliphatic carbocycles. The van der Waals surface area contributed by atoms with E-state index in [1.807, 2.05) is 30.3 Å². The van der Waals surface area contributed by atoms with E-state index in [-0.39, 0.29) is 18.0 Å². The topological polar surface area (TPSA) is 58.4 Å². The average Bonchev–Trinajstić information content (AvgIpc) is 2.97. The van der Waals surface area contributed by atoms with Crippen molar-refractivity contribution < 1.29 is 4.79 Å². The fourth-order valence-electron chi connectivity index (χ4n) is 3.84. The Hall–Kier alpha value is -2.17. The third kappa shape index (κ3) is 4.71. The van der Waals surface area contributed by atoms with Crippen LogP contribution in [0.2, 0.25) is 0 Å². The number of amides is 1. The van der Waals surface area contributed by atoms with Gasteiger partial charge in [-0.25, -0.2) is 0 Å². The molecule has 1 saturated heterocycles. The summed E-state index contributed by atoms with van der Waals surface area (Å²) in [6.45, 7) is 6.19. The van der Waals surface area contributed by atoms with Gasteiger partial charge in [0.15, 0.2) is 0 Å². The molecule has 3 atom stereocenters. The monoisotopic (exact) mass is 351 g/mol. The minimum absolute atomic E-state index is 0.0759. The van der Waals surface area contributed by atoms with Crippen molar-refractivity contribution in [2.45, 2.75) is 38.3 Å². The smallest absolute Gasteiger partial charge is 0.234 e. The molecule has 138 valence electrons. The van der Waals surface area contributed by atoms with Crippen molar-refractivity contribution >= 4 is 5.91 Å². The normalized spacial score (nSPS) is 21.5. The quantitative estimate of drug-likeness (QED) is 0.841. The van der Waals surface area contributed by atoms with Gasteiger partial charge in [0.1, 0.15) is 0 Å². The lowest BCUT2D eigenvalue weighted by Gasteiger charge is -2.19. The van der Waals surface area contributed by atoms with E-state index < -0.39 is 0 Å². The molecule has 0 saturated carbocycles. The Morgan fingerprint density at radius 2 is 1.85 bits per heavy atom. The Bertz CT molecular complexity index is 731. The highest BCUT2D eigenvalue weighted by Gasteiger charge is 2.32. The first-order chi connectivity index (χ1) is 12.5. The number of carbonyl (C=O) groups excluding carboxylic acids is 1. The summed E-state index contributed by atoms with van der Waals surface area (Å²) in [5, 5.41) is 3.13. The van der Waals surface area contributed by atoms with E-state index in [2.05, 4.69) is 48.3 Å². The van der Waals surface area contributed by atoms with Gasteiger partial charge in [-0.05, 0) is 37.0 Å². The summed E-state index contributed by atoms with van der Waals surface area (Å²) in [5.74, 6) is 0.375. The number of rotatable bonds is 6. The average molecular weight is 351 g/mol. The number of nitrogens with zero attached hydrogens (tertiary/aromatic N) is 1. The molecule has 1 aliphatic heterocycles. The lowest BCUT2D eigenvalue weighted by molar-refractivity contribution is -0.122. The molecule has 4 nitrogen and oxygen atoms in total. The number of benzene rings is 2. The van der Waals surface area contributed by atoms with E-state index in [4.69, 9.17) is 5.73 Å². The molecule has 4 heteroatoms. The Morgan fingerprint density at radius 3 is 2.58 bits per heavy atom. The van der Waals surface area contributed by atoms with Crippen LogP contribution in [0.1, 0.15) is 29.5 Å². The second kappa shape index (κ2) is 8.47. The molecule has 2 aromatic carbocycles. The van der Waals surface area contributed by atoms with Gasteiger partial charge in [0, 0.05) is 31.1 Å².